The van der Waals surface area contributed by atoms with Crippen LogP contribution in [0.4, 0.5) is 11.4 Å². The predicted molar refractivity (Wildman–Crippen MR) is 101 cm³/mol. The highest BCUT2D eigenvalue weighted by atomic mass is 32.2. The molecule has 1 aromatic carbocycles. The number of carbonyl (C=O) groups excluding carboxylic acids is 1. The minimum atomic E-state index is -0.760. The normalized spacial score (nSPS) is 14.5. The molecule has 0 unspecified atom stereocenters. The van der Waals surface area contributed by atoms with Crippen LogP contribution in [0.1, 0.15) is 31.1 Å². The summed E-state index contributed by atoms with van der Waals surface area (Å²) in [7, 11) is 0. The number of nitro groups is 2. The number of hydrogen-bond donors (Lipinski definition) is 0. The Morgan fingerprint density at radius 3 is 2.21 bits per heavy atom. The van der Waals surface area contributed by atoms with Crippen molar-refractivity contribution in [3.8, 4) is 0 Å². The van der Waals surface area contributed by atoms with Crippen molar-refractivity contribution in [3.05, 3.63) is 62.3 Å². The Kier molecular flexibility index (Phi) is 4.89. The number of nitrogens with zero attached hydrogens (tertiary/aromatic N) is 6. The van der Waals surface area contributed by atoms with Crippen LogP contribution < -0.4 is 0 Å². The third kappa shape index (κ3) is 3.58. The first-order valence-electron chi connectivity index (χ1n) is 8.08. The molecule has 0 spiro atoms. The predicted octanol–water partition coefficient (Wildman–Crippen LogP) is 3.11. The molecule has 146 valence electrons. The molecular formula is C16H16N6O5S. The molecule has 11 nitrogen and oxygen atoms in total. The minimum Gasteiger partial charge on any atom is -0.299 e. The molecule has 0 bridgehead atoms. The van der Waals surface area contributed by atoms with Gasteiger partial charge in [-0.3, -0.25) is 29.9 Å². The lowest BCUT2D eigenvalue weighted by Gasteiger charge is -2.29. The van der Waals surface area contributed by atoms with E-state index in [1.807, 2.05) is 20.8 Å². The summed E-state index contributed by atoms with van der Waals surface area (Å²) in [6.45, 7) is 5.75. The Morgan fingerprint density at radius 1 is 1.14 bits per heavy atom. The maximum Gasteiger partial charge on any atom is 0.277 e. The summed E-state index contributed by atoms with van der Waals surface area (Å²) in [6.07, 6.45) is 2.89. The summed E-state index contributed by atoms with van der Waals surface area (Å²) >= 11 is 1.36. The van der Waals surface area contributed by atoms with Gasteiger partial charge in [-0.2, -0.15) is 5.10 Å². The van der Waals surface area contributed by atoms with E-state index in [0.29, 0.717) is 10.7 Å². The second kappa shape index (κ2) is 7.03. The van der Waals surface area contributed by atoms with Crippen molar-refractivity contribution in [2.75, 3.05) is 5.88 Å². The van der Waals surface area contributed by atoms with E-state index < -0.39 is 32.5 Å². The molecule has 0 saturated heterocycles. The van der Waals surface area contributed by atoms with Gasteiger partial charge in [0, 0.05) is 17.5 Å². The smallest absolute Gasteiger partial charge is 0.277 e. The first-order chi connectivity index (χ1) is 13.1. The average molecular weight is 404 g/mol. The van der Waals surface area contributed by atoms with Gasteiger partial charge in [0.1, 0.15) is 17.7 Å². The molecule has 28 heavy (non-hydrogen) atoms. The number of hydrogen-bond acceptors (Lipinski definition) is 8. The average Bonchev–Trinajstić information content (AvgIpc) is 3.29. The Balaban J connectivity index is 2.10. The maximum absolute atomic E-state index is 13.2. The molecule has 0 fully saturated rings. The number of rotatable bonds is 4. The van der Waals surface area contributed by atoms with Gasteiger partial charge in [0.25, 0.3) is 17.3 Å². The van der Waals surface area contributed by atoms with Crippen LogP contribution in [-0.4, -0.2) is 41.3 Å². The van der Waals surface area contributed by atoms with Crippen LogP contribution in [0.3, 0.4) is 0 Å². The van der Waals surface area contributed by atoms with Crippen LogP contribution >= 0.6 is 11.8 Å². The molecule has 1 amide bonds. The van der Waals surface area contributed by atoms with E-state index in [-0.39, 0.29) is 11.4 Å². The molecule has 1 aliphatic rings. The van der Waals surface area contributed by atoms with Crippen molar-refractivity contribution < 1.29 is 14.6 Å². The van der Waals surface area contributed by atoms with Crippen molar-refractivity contribution in [2.24, 2.45) is 5.41 Å². The second-order valence-corrected chi connectivity index (χ2v) is 7.94. The number of aromatic nitrogens is 3. The molecule has 0 atom stereocenters. The summed E-state index contributed by atoms with van der Waals surface area (Å²) in [5.74, 6) is -0.309. The van der Waals surface area contributed by atoms with E-state index in [0.717, 1.165) is 18.2 Å². The molecule has 2 aromatic rings. The number of thioether (sulfide) groups is 1. The zero-order valence-electron chi connectivity index (χ0n) is 15.2. The molecule has 3 rings (SSSR count). The van der Waals surface area contributed by atoms with Crippen molar-refractivity contribution in [1.29, 1.82) is 0 Å². The molecule has 2 heterocycles. The van der Waals surface area contributed by atoms with Gasteiger partial charge >= 0.3 is 0 Å². The highest BCUT2D eigenvalue weighted by molar-refractivity contribution is 8.08. The number of amides is 1. The van der Waals surface area contributed by atoms with E-state index in [1.165, 1.54) is 29.3 Å². The first-order valence-corrected chi connectivity index (χ1v) is 9.06. The SMILES string of the molecule is CC(C)(C)C1=C(n2cncn2)SCN1C(=O)c1cc([N+](=O)[O-])cc([N+](=O)[O-])c1. The number of non-ortho nitro benzene ring substituents is 2. The summed E-state index contributed by atoms with van der Waals surface area (Å²) in [5, 5.41) is 27.1. The summed E-state index contributed by atoms with van der Waals surface area (Å²) in [4.78, 5) is 39.3. The fraction of sp³-hybridized carbons (Fsp3) is 0.312. The number of carbonyl (C=O) groups is 1. The van der Waals surface area contributed by atoms with Crippen molar-refractivity contribution in [2.45, 2.75) is 20.8 Å². The molecule has 0 radical (unpaired) electrons. The largest absolute Gasteiger partial charge is 0.299 e. The molecular weight excluding hydrogens is 388 g/mol. The molecule has 1 aromatic heterocycles. The Labute approximate surface area is 163 Å². The van der Waals surface area contributed by atoms with Crippen LogP contribution in [0.5, 0.6) is 0 Å². The Bertz CT molecular complexity index is 963. The van der Waals surface area contributed by atoms with E-state index in [2.05, 4.69) is 10.1 Å². The summed E-state index contributed by atoms with van der Waals surface area (Å²) in [5.41, 5.74) is -0.956. The van der Waals surface area contributed by atoms with Crippen molar-refractivity contribution in [3.63, 3.8) is 0 Å². The molecule has 12 heteroatoms. The highest BCUT2D eigenvalue weighted by Gasteiger charge is 2.38. The lowest BCUT2D eigenvalue weighted by atomic mass is 9.91. The first kappa shape index (κ1) is 19.5. The number of nitro benzene ring substituents is 2. The van der Waals surface area contributed by atoms with Gasteiger partial charge in [-0.1, -0.05) is 32.5 Å². The van der Waals surface area contributed by atoms with Gasteiger partial charge in [0.2, 0.25) is 0 Å². The van der Waals surface area contributed by atoms with Crippen LogP contribution in [0.2, 0.25) is 0 Å². The quantitative estimate of drug-likeness (QED) is 0.560. The Hall–Kier alpha value is -3.28. The van der Waals surface area contributed by atoms with Gasteiger partial charge in [0.15, 0.2) is 0 Å². The van der Waals surface area contributed by atoms with E-state index in [9.17, 15) is 25.0 Å². The van der Waals surface area contributed by atoms with Gasteiger partial charge in [-0.05, 0) is 0 Å². The van der Waals surface area contributed by atoms with Crippen LogP contribution in [0.15, 0.2) is 36.6 Å². The number of benzene rings is 1. The third-order valence-electron chi connectivity index (χ3n) is 3.96. The fourth-order valence-corrected chi connectivity index (χ4v) is 4.11. The van der Waals surface area contributed by atoms with E-state index in [1.54, 1.807) is 4.68 Å². The summed E-state index contributed by atoms with van der Waals surface area (Å²) < 4.78 is 1.55. The second-order valence-electron chi connectivity index (χ2n) is 7.00. The summed E-state index contributed by atoms with van der Waals surface area (Å²) in [6, 6.07) is 2.93. The molecule has 0 N–H and O–H groups in total. The standard InChI is InChI=1S/C16H16N6O5S/c1-16(2,3)13-15(20-8-17-7-18-20)28-9-19(13)14(23)10-4-11(21(24)25)6-12(5-10)22(26)27/h4-8H,9H2,1-3H3. The van der Waals surface area contributed by atoms with Crippen molar-refractivity contribution in [1.82, 2.24) is 19.7 Å². The zero-order chi connectivity index (χ0) is 20.6. The van der Waals surface area contributed by atoms with Gasteiger partial charge in [-0.15, -0.1) is 0 Å². The zero-order valence-corrected chi connectivity index (χ0v) is 16.0. The fourth-order valence-electron chi connectivity index (χ4n) is 2.83. The van der Waals surface area contributed by atoms with E-state index >= 15 is 0 Å². The number of allylic oxidation sites excluding steroid dienone is 1. The van der Waals surface area contributed by atoms with Gasteiger partial charge in [0.05, 0.1) is 33.1 Å². The van der Waals surface area contributed by atoms with Gasteiger partial charge < -0.3 is 0 Å². The lowest BCUT2D eigenvalue weighted by molar-refractivity contribution is -0.394. The monoisotopic (exact) mass is 404 g/mol. The Morgan fingerprint density at radius 2 is 1.75 bits per heavy atom. The van der Waals surface area contributed by atoms with Crippen LogP contribution in [0.25, 0.3) is 5.03 Å². The van der Waals surface area contributed by atoms with Crippen molar-refractivity contribution >= 4 is 34.1 Å². The third-order valence-corrected chi connectivity index (χ3v) is 5.00. The maximum atomic E-state index is 13.2. The topological polar surface area (TPSA) is 137 Å². The molecule has 0 saturated carbocycles. The van der Waals surface area contributed by atoms with E-state index in [4.69, 9.17) is 0 Å². The van der Waals surface area contributed by atoms with Crippen LogP contribution in [0, 0.1) is 25.6 Å². The molecule has 1 aliphatic heterocycles. The lowest BCUT2D eigenvalue weighted by Crippen LogP contribution is -2.33. The molecule has 0 aliphatic carbocycles. The van der Waals surface area contributed by atoms with Crippen LogP contribution in [-0.2, 0) is 0 Å². The highest BCUT2D eigenvalue weighted by Crippen LogP contribution is 2.44. The minimum absolute atomic E-state index is 0.122. The van der Waals surface area contributed by atoms with Gasteiger partial charge in [-0.25, -0.2) is 9.67 Å².